The fourth-order valence-electron chi connectivity index (χ4n) is 1.64. The molecule has 1 aliphatic rings. The van der Waals surface area contributed by atoms with Gasteiger partial charge in [-0.1, -0.05) is 6.07 Å². The number of nitrogens with two attached hydrogens (primary N) is 2. The molecule has 1 fully saturated rings. The van der Waals surface area contributed by atoms with Gasteiger partial charge in [0.1, 0.15) is 0 Å². The summed E-state index contributed by atoms with van der Waals surface area (Å²) in [5.41, 5.74) is 13.1. The number of benzene rings is 1. The average Bonchev–Trinajstić information content (AvgIpc) is 3.14. The fraction of sp³-hybridized carbons (Fsp3) is 0.333. The number of nitrogens with one attached hydrogen (secondary N) is 2. The lowest BCUT2D eigenvalue weighted by Gasteiger charge is -2.07. The summed E-state index contributed by atoms with van der Waals surface area (Å²) in [5.74, 6) is 0.589. The predicted octanol–water partition coefficient (Wildman–Crippen LogP) is 1.74. The first kappa shape index (κ1) is 12.4. The lowest BCUT2D eigenvalue weighted by atomic mass is 9.99. The van der Waals surface area contributed by atoms with E-state index in [2.05, 4.69) is 5.73 Å². The van der Waals surface area contributed by atoms with Crippen molar-refractivity contribution in [1.82, 2.24) is 0 Å². The molecule has 0 unspecified atom stereocenters. The first-order valence-electron chi connectivity index (χ1n) is 5.29. The third-order valence-electron chi connectivity index (χ3n) is 2.53. The maximum Gasteiger partial charge on any atom is 0.0791 e. The third-order valence-corrected chi connectivity index (χ3v) is 2.53. The SMILES string of the molecule is CN.N=CC(=N)c1cc(N)ccc1C1CC1. The molecule has 0 spiro atoms. The Labute approximate surface area is 95.7 Å². The van der Waals surface area contributed by atoms with Gasteiger partial charge in [-0.25, -0.2) is 0 Å². The summed E-state index contributed by atoms with van der Waals surface area (Å²) in [6, 6.07) is 5.65. The maximum absolute atomic E-state index is 7.64. The number of hydrogen-bond acceptors (Lipinski definition) is 4. The Hall–Kier alpha value is -1.68. The van der Waals surface area contributed by atoms with Crippen LogP contribution < -0.4 is 11.5 Å². The van der Waals surface area contributed by atoms with Gasteiger partial charge in [0.2, 0.25) is 0 Å². The van der Waals surface area contributed by atoms with E-state index in [-0.39, 0.29) is 5.71 Å². The highest BCUT2D eigenvalue weighted by Gasteiger charge is 2.26. The summed E-state index contributed by atoms with van der Waals surface area (Å²) < 4.78 is 0. The molecule has 1 aliphatic carbocycles. The molecule has 6 N–H and O–H groups in total. The van der Waals surface area contributed by atoms with Gasteiger partial charge in [-0.05, 0) is 43.5 Å². The molecular formula is C12H18N4. The Morgan fingerprint density at radius 2 is 2.00 bits per heavy atom. The van der Waals surface area contributed by atoms with Crippen LogP contribution >= 0.6 is 0 Å². The van der Waals surface area contributed by atoms with Crippen LogP contribution in [0.1, 0.15) is 29.9 Å². The third kappa shape index (κ3) is 2.67. The van der Waals surface area contributed by atoms with E-state index in [1.165, 1.54) is 25.5 Å². The van der Waals surface area contributed by atoms with E-state index in [9.17, 15) is 0 Å². The topological polar surface area (TPSA) is 99.7 Å². The van der Waals surface area contributed by atoms with Crippen molar-refractivity contribution < 1.29 is 0 Å². The Kier molecular flexibility index (Phi) is 4.19. The van der Waals surface area contributed by atoms with Crippen LogP contribution in [0.2, 0.25) is 0 Å². The zero-order chi connectivity index (χ0) is 12.1. The number of anilines is 1. The van der Waals surface area contributed by atoms with E-state index in [4.69, 9.17) is 16.6 Å². The van der Waals surface area contributed by atoms with Gasteiger partial charge < -0.3 is 16.9 Å². The van der Waals surface area contributed by atoms with Crippen LogP contribution in [-0.4, -0.2) is 19.0 Å². The van der Waals surface area contributed by atoms with Gasteiger partial charge in [-0.15, -0.1) is 0 Å². The number of rotatable bonds is 3. The molecule has 0 saturated heterocycles. The standard InChI is InChI=1S/C11H13N3.CH5N/c12-6-11(14)10-5-8(13)3-4-9(10)7-1-2-7;1-2/h3-7,12,14H,1-2,13H2;2H2,1H3. The molecule has 0 radical (unpaired) electrons. The lowest BCUT2D eigenvalue weighted by molar-refractivity contribution is 1.12. The summed E-state index contributed by atoms with van der Waals surface area (Å²) in [7, 11) is 1.50. The average molecular weight is 218 g/mol. The Bertz CT molecular complexity index is 394. The second-order valence-electron chi connectivity index (χ2n) is 3.68. The van der Waals surface area contributed by atoms with Crippen molar-refractivity contribution in [2.75, 3.05) is 12.8 Å². The molecule has 0 atom stereocenters. The van der Waals surface area contributed by atoms with Crippen LogP contribution in [-0.2, 0) is 0 Å². The first-order valence-corrected chi connectivity index (χ1v) is 5.29. The molecule has 0 bridgehead atoms. The second-order valence-corrected chi connectivity index (χ2v) is 3.68. The normalized spacial score (nSPS) is 13.6. The summed E-state index contributed by atoms with van der Waals surface area (Å²) in [5, 5.41) is 14.7. The van der Waals surface area contributed by atoms with Crippen molar-refractivity contribution in [1.29, 1.82) is 10.8 Å². The van der Waals surface area contributed by atoms with Crippen LogP contribution in [0.3, 0.4) is 0 Å². The zero-order valence-electron chi connectivity index (χ0n) is 9.46. The van der Waals surface area contributed by atoms with E-state index in [1.54, 1.807) is 6.07 Å². The van der Waals surface area contributed by atoms with Crippen molar-refractivity contribution in [2.24, 2.45) is 5.73 Å². The minimum Gasteiger partial charge on any atom is -0.399 e. The second kappa shape index (κ2) is 5.42. The van der Waals surface area contributed by atoms with E-state index >= 15 is 0 Å². The van der Waals surface area contributed by atoms with Crippen LogP contribution in [0.15, 0.2) is 18.2 Å². The van der Waals surface area contributed by atoms with Crippen molar-refractivity contribution >= 4 is 17.6 Å². The van der Waals surface area contributed by atoms with E-state index in [1.807, 2.05) is 12.1 Å². The fourth-order valence-corrected chi connectivity index (χ4v) is 1.64. The van der Waals surface area contributed by atoms with Gasteiger partial charge in [0, 0.05) is 17.5 Å². The molecule has 4 heteroatoms. The molecule has 4 nitrogen and oxygen atoms in total. The van der Waals surface area contributed by atoms with E-state index in [0.717, 1.165) is 11.8 Å². The van der Waals surface area contributed by atoms with Crippen LogP contribution in [0, 0.1) is 10.8 Å². The van der Waals surface area contributed by atoms with Gasteiger partial charge >= 0.3 is 0 Å². The maximum atomic E-state index is 7.64. The Balaban J connectivity index is 0.000000606. The Morgan fingerprint density at radius 1 is 1.38 bits per heavy atom. The predicted molar refractivity (Wildman–Crippen MR) is 68.6 cm³/mol. The van der Waals surface area contributed by atoms with Crippen molar-refractivity contribution in [2.45, 2.75) is 18.8 Å². The lowest BCUT2D eigenvalue weighted by Crippen LogP contribution is -2.04. The zero-order valence-corrected chi connectivity index (χ0v) is 9.46. The Morgan fingerprint density at radius 3 is 2.50 bits per heavy atom. The highest BCUT2D eigenvalue weighted by Crippen LogP contribution is 2.42. The van der Waals surface area contributed by atoms with E-state index in [0.29, 0.717) is 11.6 Å². The molecule has 0 heterocycles. The van der Waals surface area contributed by atoms with Gasteiger partial charge in [-0.3, -0.25) is 5.41 Å². The molecule has 86 valence electrons. The minimum atomic E-state index is 0.249. The van der Waals surface area contributed by atoms with Crippen LogP contribution in [0.5, 0.6) is 0 Å². The number of hydrogen-bond donors (Lipinski definition) is 4. The van der Waals surface area contributed by atoms with Crippen molar-refractivity contribution in [3.8, 4) is 0 Å². The van der Waals surface area contributed by atoms with Crippen LogP contribution in [0.4, 0.5) is 5.69 Å². The van der Waals surface area contributed by atoms with E-state index < -0.39 is 0 Å². The molecule has 1 aromatic rings. The molecule has 1 saturated carbocycles. The number of nitrogen functional groups attached to an aromatic ring is 1. The van der Waals surface area contributed by atoms with Crippen molar-refractivity contribution in [3.05, 3.63) is 29.3 Å². The minimum absolute atomic E-state index is 0.249. The van der Waals surface area contributed by atoms with Crippen LogP contribution in [0.25, 0.3) is 0 Å². The largest absolute Gasteiger partial charge is 0.399 e. The highest BCUT2D eigenvalue weighted by molar-refractivity contribution is 6.36. The van der Waals surface area contributed by atoms with Gasteiger partial charge in [0.05, 0.1) is 5.71 Å². The summed E-state index contributed by atoms with van der Waals surface area (Å²) in [6.07, 6.45) is 3.46. The molecule has 2 rings (SSSR count). The summed E-state index contributed by atoms with van der Waals surface area (Å²) in [4.78, 5) is 0. The van der Waals surface area contributed by atoms with Crippen molar-refractivity contribution in [3.63, 3.8) is 0 Å². The molecule has 1 aromatic carbocycles. The van der Waals surface area contributed by atoms with Gasteiger partial charge in [0.15, 0.2) is 0 Å². The molecule has 0 aliphatic heterocycles. The molecule has 16 heavy (non-hydrogen) atoms. The first-order chi connectivity index (χ1) is 7.72. The highest BCUT2D eigenvalue weighted by atomic mass is 14.6. The van der Waals surface area contributed by atoms with Gasteiger partial charge in [-0.2, -0.15) is 0 Å². The monoisotopic (exact) mass is 218 g/mol. The smallest absolute Gasteiger partial charge is 0.0791 e. The van der Waals surface area contributed by atoms with Gasteiger partial charge in [0.25, 0.3) is 0 Å². The molecule has 0 amide bonds. The summed E-state index contributed by atoms with van der Waals surface area (Å²) in [6.45, 7) is 0. The summed E-state index contributed by atoms with van der Waals surface area (Å²) >= 11 is 0. The molecule has 0 aromatic heterocycles. The molecular weight excluding hydrogens is 200 g/mol. The quantitative estimate of drug-likeness (QED) is 0.459.